The summed E-state index contributed by atoms with van der Waals surface area (Å²) in [5.74, 6) is 0. The molecule has 19 heavy (non-hydrogen) atoms. The SMILES string of the molecule is O=S1OCC(Cc2ccccc2)(c2ccccc2)O1. The fraction of sp³-hybridized carbons (Fsp3) is 0.200. The van der Waals surface area contributed by atoms with Gasteiger partial charge in [0.1, 0.15) is 12.2 Å². The highest BCUT2D eigenvalue weighted by atomic mass is 32.2. The summed E-state index contributed by atoms with van der Waals surface area (Å²) in [7, 11) is 0. The Bertz CT molecular complexity index is 570. The van der Waals surface area contributed by atoms with Gasteiger partial charge >= 0.3 is 11.4 Å². The predicted octanol–water partition coefficient (Wildman–Crippen LogP) is 2.75. The number of hydrogen-bond acceptors (Lipinski definition) is 3. The minimum Gasteiger partial charge on any atom is -0.265 e. The van der Waals surface area contributed by atoms with E-state index in [2.05, 4.69) is 0 Å². The molecule has 1 aliphatic heterocycles. The van der Waals surface area contributed by atoms with Crippen molar-refractivity contribution in [3.8, 4) is 0 Å². The zero-order chi connectivity index (χ0) is 13.1. The minimum atomic E-state index is -1.67. The maximum atomic E-state index is 11.5. The normalized spacial score (nSPS) is 26.4. The smallest absolute Gasteiger partial charge is 0.265 e. The maximum absolute atomic E-state index is 11.5. The molecule has 0 aliphatic carbocycles. The maximum Gasteiger partial charge on any atom is 0.305 e. The molecule has 1 saturated heterocycles. The van der Waals surface area contributed by atoms with Gasteiger partial charge in [0.25, 0.3) is 0 Å². The van der Waals surface area contributed by atoms with Crippen molar-refractivity contribution in [2.45, 2.75) is 12.0 Å². The van der Waals surface area contributed by atoms with Gasteiger partial charge in [0.2, 0.25) is 0 Å². The van der Waals surface area contributed by atoms with E-state index >= 15 is 0 Å². The lowest BCUT2D eigenvalue weighted by atomic mass is 9.88. The summed E-state index contributed by atoms with van der Waals surface area (Å²) in [5.41, 5.74) is 1.46. The first-order valence-corrected chi connectivity index (χ1v) is 7.12. The van der Waals surface area contributed by atoms with Crippen LogP contribution in [0.4, 0.5) is 0 Å². The molecule has 1 aliphatic rings. The summed E-state index contributed by atoms with van der Waals surface area (Å²) in [6, 6.07) is 19.8. The van der Waals surface area contributed by atoms with Gasteiger partial charge in [-0.25, -0.2) is 0 Å². The van der Waals surface area contributed by atoms with Crippen LogP contribution < -0.4 is 0 Å². The van der Waals surface area contributed by atoms with E-state index in [1.807, 2.05) is 60.7 Å². The highest BCUT2D eigenvalue weighted by molar-refractivity contribution is 7.75. The number of rotatable bonds is 3. The molecule has 0 amide bonds. The Morgan fingerprint density at radius 3 is 2.21 bits per heavy atom. The predicted molar refractivity (Wildman–Crippen MR) is 73.4 cm³/mol. The molecule has 0 aromatic heterocycles. The highest BCUT2D eigenvalue weighted by Crippen LogP contribution is 2.36. The van der Waals surface area contributed by atoms with Gasteiger partial charge in [0, 0.05) is 6.42 Å². The summed E-state index contributed by atoms with van der Waals surface area (Å²) in [4.78, 5) is 0. The van der Waals surface area contributed by atoms with E-state index in [1.165, 1.54) is 0 Å². The molecule has 0 bridgehead atoms. The first-order valence-electron chi connectivity index (χ1n) is 6.12. The summed E-state index contributed by atoms with van der Waals surface area (Å²) >= 11 is -1.67. The van der Waals surface area contributed by atoms with E-state index in [-0.39, 0.29) is 0 Å². The number of benzene rings is 2. The molecule has 0 radical (unpaired) electrons. The Kier molecular flexibility index (Phi) is 3.46. The molecular formula is C15H14O3S. The first kappa shape index (κ1) is 12.5. The fourth-order valence-electron chi connectivity index (χ4n) is 2.30. The van der Waals surface area contributed by atoms with Gasteiger partial charge in [-0.15, -0.1) is 0 Å². The number of hydrogen-bond donors (Lipinski definition) is 0. The Morgan fingerprint density at radius 2 is 1.63 bits per heavy atom. The Balaban J connectivity index is 1.96. The van der Waals surface area contributed by atoms with Crippen LogP contribution in [0.3, 0.4) is 0 Å². The molecule has 3 rings (SSSR count). The summed E-state index contributed by atoms with van der Waals surface area (Å²) < 4.78 is 22.2. The Hall–Kier alpha value is -1.49. The second-order valence-electron chi connectivity index (χ2n) is 4.57. The second-order valence-corrected chi connectivity index (χ2v) is 5.38. The molecule has 2 atom stereocenters. The van der Waals surface area contributed by atoms with Gasteiger partial charge in [-0.1, -0.05) is 60.7 Å². The van der Waals surface area contributed by atoms with E-state index < -0.39 is 17.0 Å². The largest absolute Gasteiger partial charge is 0.305 e. The van der Waals surface area contributed by atoms with Crippen molar-refractivity contribution in [1.29, 1.82) is 0 Å². The van der Waals surface area contributed by atoms with Crippen LogP contribution in [0.1, 0.15) is 11.1 Å². The standard InChI is InChI=1S/C15H14O3S/c16-19-17-12-15(18-19,14-9-5-2-6-10-14)11-13-7-3-1-4-8-13/h1-10H,11-12H2. The summed E-state index contributed by atoms with van der Waals surface area (Å²) in [6.07, 6.45) is 0.642. The third-order valence-electron chi connectivity index (χ3n) is 3.25. The lowest BCUT2D eigenvalue weighted by Crippen LogP contribution is -2.31. The van der Waals surface area contributed by atoms with Crippen LogP contribution in [-0.2, 0) is 31.7 Å². The molecule has 0 N–H and O–H groups in total. The van der Waals surface area contributed by atoms with Crippen molar-refractivity contribution in [3.63, 3.8) is 0 Å². The topological polar surface area (TPSA) is 35.5 Å². The van der Waals surface area contributed by atoms with Crippen molar-refractivity contribution in [2.75, 3.05) is 6.61 Å². The Labute approximate surface area is 115 Å². The molecule has 2 unspecified atom stereocenters. The van der Waals surface area contributed by atoms with Crippen LogP contribution in [0.2, 0.25) is 0 Å². The molecule has 4 heteroatoms. The van der Waals surface area contributed by atoms with Crippen molar-refractivity contribution < 1.29 is 12.6 Å². The van der Waals surface area contributed by atoms with E-state index in [4.69, 9.17) is 8.37 Å². The third kappa shape index (κ3) is 2.61. The molecule has 2 aromatic rings. The van der Waals surface area contributed by atoms with Gasteiger partial charge in [0.15, 0.2) is 0 Å². The lowest BCUT2D eigenvalue weighted by molar-refractivity contribution is 0.0964. The molecule has 2 aromatic carbocycles. The van der Waals surface area contributed by atoms with Gasteiger partial charge < -0.3 is 0 Å². The minimum absolute atomic E-state index is 0.304. The van der Waals surface area contributed by atoms with Gasteiger partial charge in [-0.05, 0) is 11.1 Å². The van der Waals surface area contributed by atoms with Gasteiger partial charge in [-0.3, -0.25) is 8.37 Å². The van der Waals surface area contributed by atoms with Gasteiger partial charge in [0.05, 0.1) is 0 Å². The van der Waals surface area contributed by atoms with E-state index in [0.717, 1.165) is 11.1 Å². The van der Waals surface area contributed by atoms with Crippen molar-refractivity contribution in [3.05, 3.63) is 71.8 Å². The second kappa shape index (κ2) is 5.25. The quantitative estimate of drug-likeness (QED) is 0.863. The van der Waals surface area contributed by atoms with Crippen LogP contribution in [-0.4, -0.2) is 10.8 Å². The lowest BCUT2D eigenvalue weighted by Gasteiger charge is -2.25. The first-order chi connectivity index (χ1) is 9.28. The summed E-state index contributed by atoms with van der Waals surface area (Å²) in [5, 5.41) is 0. The Morgan fingerprint density at radius 1 is 1.00 bits per heavy atom. The van der Waals surface area contributed by atoms with Crippen LogP contribution in [0.25, 0.3) is 0 Å². The van der Waals surface area contributed by atoms with Crippen LogP contribution in [0.15, 0.2) is 60.7 Å². The molecule has 0 saturated carbocycles. The van der Waals surface area contributed by atoms with E-state index in [9.17, 15) is 4.21 Å². The molecule has 1 fully saturated rings. The third-order valence-corrected chi connectivity index (χ3v) is 4.01. The van der Waals surface area contributed by atoms with Crippen molar-refractivity contribution in [2.24, 2.45) is 0 Å². The van der Waals surface area contributed by atoms with Crippen molar-refractivity contribution in [1.82, 2.24) is 0 Å². The average molecular weight is 274 g/mol. The molecular weight excluding hydrogens is 260 g/mol. The highest BCUT2D eigenvalue weighted by Gasteiger charge is 2.42. The zero-order valence-corrected chi connectivity index (χ0v) is 11.1. The average Bonchev–Trinajstić information content (AvgIpc) is 2.83. The molecule has 0 spiro atoms. The molecule has 3 nitrogen and oxygen atoms in total. The fourth-order valence-corrected chi connectivity index (χ4v) is 3.10. The summed E-state index contributed by atoms with van der Waals surface area (Å²) in [6.45, 7) is 0.304. The van der Waals surface area contributed by atoms with Crippen molar-refractivity contribution >= 4 is 11.4 Å². The monoisotopic (exact) mass is 274 g/mol. The molecule has 1 heterocycles. The van der Waals surface area contributed by atoms with E-state index in [0.29, 0.717) is 13.0 Å². The van der Waals surface area contributed by atoms with E-state index in [1.54, 1.807) is 0 Å². The van der Waals surface area contributed by atoms with Gasteiger partial charge in [-0.2, -0.15) is 4.21 Å². The molecule has 98 valence electrons. The van der Waals surface area contributed by atoms with Crippen LogP contribution in [0, 0.1) is 0 Å². The zero-order valence-electron chi connectivity index (χ0n) is 10.3. The van der Waals surface area contributed by atoms with Crippen LogP contribution in [0.5, 0.6) is 0 Å². The van der Waals surface area contributed by atoms with Crippen LogP contribution >= 0.6 is 0 Å².